The summed E-state index contributed by atoms with van der Waals surface area (Å²) in [4.78, 5) is 32.5. The molecule has 0 atom stereocenters. The summed E-state index contributed by atoms with van der Waals surface area (Å²) in [5, 5.41) is 0.653. The van der Waals surface area contributed by atoms with E-state index in [-0.39, 0.29) is 17.9 Å². The van der Waals surface area contributed by atoms with Gasteiger partial charge in [-0.15, -0.1) is 11.3 Å². The minimum absolute atomic E-state index is 0.0357. The predicted octanol–water partition coefficient (Wildman–Crippen LogP) is 4.53. The molecule has 2 aromatic heterocycles. The Labute approximate surface area is 157 Å². The van der Waals surface area contributed by atoms with Gasteiger partial charge in [0.1, 0.15) is 10.7 Å². The Kier molecular flexibility index (Phi) is 5.10. The second-order valence-corrected chi connectivity index (χ2v) is 8.06. The number of hydrogen-bond acceptors (Lipinski definition) is 4. The fraction of sp³-hybridized carbons (Fsp3) is 0.381. The molecule has 5 heteroatoms. The Morgan fingerprint density at radius 1 is 1.15 bits per heavy atom. The van der Waals surface area contributed by atoms with Crippen molar-refractivity contribution >= 4 is 27.3 Å². The number of carbonyl (C=O) groups excluding carboxylic acids is 1. The summed E-state index contributed by atoms with van der Waals surface area (Å²) < 4.78 is 1.57. The first-order valence-corrected chi connectivity index (χ1v) is 9.75. The van der Waals surface area contributed by atoms with Crippen molar-refractivity contribution in [2.75, 3.05) is 0 Å². The molecule has 0 fully saturated rings. The van der Waals surface area contributed by atoms with Crippen LogP contribution in [-0.4, -0.2) is 15.3 Å². The van der Waals surface area contributed by atoms with Crippen molar-refractivity contribution in [3.8, 4) is 0 Å². The molecular formula is C21H24N2O2S. The van der Waals surface area contributed by atoms with E-state index < -0.39 is 0 Å². The van der Waals surface area contributed by atoms with Crippen LogP contribution in [0.4, 0.5) is 0 Å². The van der Waals surface area contributed by atoms with Gasteiger partial charge in [-0.3, -0.25) is 14.2 Å². The van der Waals surface area contributed by atoms with Gasteiger partial charge in [-0.1, -0.05) is 19.1 Å². The van der Waals surface area contributed by atoms with Gasteiger partial charge in [-0.2, -0.15) is 0 Å². The average Bonchev–Trinajstić information content (AvgIpc) is 2.88. The highest BCUT2D eigenvalue weighted by molar-refractivity contribution is 7.18. The van der Waals surface area contributed by atoms with E-state index in [0.717, 1.165) is 32.8 Å². The van der Waals surface area contributed by atoms with Crippen LogP contribution >= 0.6 is 11.3 Å². The van der Waals surface area contributed by atoms with Crippen molar-refractivity contribution in [3.63, 3.8) is 0 Å². The summed E-state index contributed by atoms with van der Waals surface area (Å²) in [6.45, 7) is 10.1. The third-order valence-corrected chi connectivity index (χ3v) is 6.07. The molecule has 4 nitrogen and oxygen atoms in total. The van der Waals surface area contributed by atoms with E-state index in [2.05, 4.69) is 6.92 Å². The molecule has 0 radical (unpaired) electrons. The monoisotopic (exact) mass is 368 g/mol. The number of nitrogens with zero attached hydrogens (tertiary/aromatic N) is 2. The number of rotatable bonds is 5. The first-order valence-electron chi connectivity index (χ1n) is 8.93. The van der Waals surface area contributed by atoms with Crippen LogP contribution in [0.25, 0.3) is 10.2 Å². The molecule has 0 unspecified atom stereocenters. The zero-order chi connectivity index (χ0) is 19.0. The highest BCUT2D eigenvalue weighted by atomic mass is 32.1. The van der Waals surface area contributed by atoms with Crippen LogP contribution in [0, 0.1) is 27.7 Å². The van der Waals surface area contributed by atoms with E-state index >= 15 is 0 Å². The summed E-state index contributed by atoms with van der Waals surface area (Å²) >= 11 is 1.55. The van der Waals surface area contributed by atoms with Crippen molar-refractivity contribution in [1.29, 1.82) is 0 Å². The van der Waals surface area contributed by atoms with E-state index in [0.29, 0.717) is 23.2 Å². The molecule has 0 bridgehead atoms. The Hall–Kier alpha value is -2.27. The van der Waals surface area contributed by atoms with Gasteiger partial charge in [0, 0.05) is 16.9 Å². The molecule has 0 aliphatic carbocycles. The average molecular weight is 369 g/mol. The number of hydrogen-bond donors (Lipinski definition) is 0. The van der Waals surface area contributed by atoms with Crippen LogP contribution in [0.2, 0.25) is 0 Å². The molecule has 3 rings (SSSR count). The lowest BCUT2D eigenvalue weighted by atomic mass is 10.0. The minimum atomic E-state index is -0.0996. The molecule has 0 saturated carbocycles. The summed E-state index contributed by atoms with van der Waals surface area (Å²) in [5.74, 6) is 0.641. The molecule has 0 spiro atoms. The van der Waals surface area contributed by atoms with Crippen molar-refractivity contribution in [2.24, 2.45) is 0 Å². The van der Waals surface area contributed by atoms with Crippen LogP contribution in [0.5, 0.6) is 0 Å². The lowest BCUT2D eigenvalue weighted by Gasteiger charge is -2.12. The number of thiophene rings is 1. The number of fused-ring (bicyclic) bond motifs is 1. The van der Waals surface area contributed by atoms with E-state index in [1.807, 2.05) is 45.9 Å². The molecule has 1 aromatic carbocycles. The predicted molar refractivity (Wildman–Crippen MR) is 108 cm³/mol. The van der Waals surface area contributed by atoms with Gasteiger partial charge in [0.15, 0.2) is 5.78 Å². The molecule has 3 aromatic rings. The summed E-state index contributed by atoms with van der Waals surface area (Å²) in [6, 6.07) is 5.68. The van der Waals surface area contributed by atoms with E-state index in [4.69, 9.17) is 4.98 Å². The third kappa shape index (κ3) is 3.23. The number of aryl methyl sites for hydroxylation is 5. The van der Waals surface area contributed by atoms with E-state index in [9.17, 15) is 9.59 Å². The standard InChI is InChI=1S/C21H24N2O2S/c1-6-7-18-22-20-19(14(4)15(5)26-20)21(25)23(18)11-17(24)16-9-8-12(2)13(3)10-16/h8-10H,6-7,11H2,1-5H3. The zero-order valence-electron chi connectivity index (χ0n) is 16.0. The van der Waals surface area contributed by atoms with E-state index in [1.54, 1.807) is 15.9 Å². The van der Waals surface area contributed by atoms with Gasteiger partial charge in [-0.25, -0.2) is 4.98 Å². The molecule has 0 N–H and O–H groups in total. The van der Waals surface area contributed by atoms with Crippen LogP contribution in [0.1, 0.15) is 51.1 Å². The van der Waals surface area contributed by atoms with Gasteiger partial charge in [0.25, 0.3) is 5.56 Å². The summed E-state index contributed by atoms with van der Waals surface area (Å²) in [6.07, 6.45) is 1.56. The molecule has 136 valence electrons. The second-order valence-electron chi connectivity index (χ2n) is 6.85. The van der Waals surface area contributed by atoms with Crippen LogP contribution < -0.4 is 5.56 Å². The van der Waals surface area contributed by atoms with E-state index in [1.165, 1.54) is 0 Å². The topological polar surface area (TPSA) is 52.0 Å². The molecule has 0 aliphatic rings. The Morgan fingerprint density at radius 2 is 1.88 bits per heavy atom. The van der Waals surface area contributed by atoms with Crippen molar-refractivity contribution < 1.29 is 4.79 Å². The lowest BCUT2D eigenvalue weighted by molar-refractivity contribution is 0.0969. The van der Waals surface area contributed by atoms with Crippen molar-refractivity contribution in [3.05, 3.63) is 61.5 Å². The van der Waals surface area contributed by atoms with Crippen molar-refractivity contribution in [2.45, 2.75) is 54.0 Å². The Bertz CT molecular complexity index is 1060. The van der Waals surface area contributed by atoms with Gasteiger partial charge >= 0.3 is 0 Å². The summed E-state index contributed by atoms with van der Waals surface area (Å²) in [7, 11) is 0. The van der Waals surface area contributed by atoms with Gasteiger partial charge in [-0.05, 0) is 56.9 Å². The maximum atomic E-state index is 13.1. The highest BCUT2D eigenvalue weighted by Gasteiger charge is 2.18. The largest absolute Gasteiger partial charge is 0.292 e. The fourth-order valence-corrected chi connectivity index (χ4v) is 4.14. The quantitative estimate of drug-likeness (QED) is 0.622. The van der Waals surface area contributed by atoms with Crippen LogP contribution in [0.3, 0.4) is 0 Å². The minimum Gasteiger partial charge on any atom is -0.292 e. The van der Waals surface area contributed by atoms with Gasteiger partial charge < -0.3 is 0 Å². The fourth-order valence-electron chi connectivity index (χ4n) is 3.10. The first-order chi connectivity index (χ1) is 12.3. The third-order valence-electron chi connectivity index (χ3n) is 4.97. The molecule has 0 amide bonds. The number of Topliss-reactive ketones (excluding diaryl/α,β-unsaturated/α-hetero) is 1. The van der Waals surface area contributed by atoms with Crippen molar-refractivity contribution in [1.82, 2.24) is 9.55 Å². The first kappa shape index (κ1) is 18.5. The Morgan fingerprint density at radius 3 is 2.54 bits per heavy atom. The van der Waals surface area contributed by atoms with Crippen LogP contribution in [-0.2, 0) is 13.0 Å². The molecule has 26 heavy (non-hydrogen) atoms. The number of aromatic nitrogens is 2. The SMILES string of the molecule is CCCc1nc2sc(C)c(C)c2c(=O)n1CC(=O)c1ccc(C)c(C)c1. The highest BCUT2D eigenvalue weighted by Crippen LogP contribution is 2.26. The molecular weight excluding hydrogens is 344 g/mol. The van der Waals surface area contributed by atoms with Gasteiger partial charge in [0.05, 0.1) is 11.9 Å². The molecule has 0 aliphatic heterocycles. The number of benzene rings is 1. The normalized spacial score (nSPS) is 11.3. The summed E-state index contributed by atoms with van der Waals surface area (Å²) in [5.41, 5.74) is 3.74. The number of ketones is 1. The Balaban J connectivity index is 2.10. The van der Waals surface area contributed by atoms with Crippen LogP contribution in [0.15, 0.2) is 23.0 Å². The van der Waals surface area contributed by atoms with Gasteiger partial charge in [0.2, 0.25) is 0 Å². The smallest absolute Gasteiger partial charge is 0.262 e. The lowest BCUT2D eigenvalue weighted by Crippen LogP contribution is -2.28. The zero-order valence-corrected chi connectivity index (χ0v) is 16.8. The number of carbonyl (C=O) groups is 1. The second kappa shape index (κ2) is 7.16. The maximum absolute atomic E-state index is 13.1. The molecule has 2 heterocycles. The molecule has 0 saturated heterocycles. The maximum Gasteiger partial charge on any atom is 0.262 e.